The molecule has 4 aromatic rings. The van der Waals surface area contributed by atoms with E-state index in [2.05, 4.69) is 15.6 Å². The molecule has 1 amide bonds. The molecule has 4 rings (SSSR count). The van der Waals surface area contributed by atoms with Gasteiger partial charge in [-0.15, -0.1) is 5.10 Å². The fourth-order valence-electron chi connectivity index (χ4n) is 3.01. The van der Waals surface area contributed by atoms with Gasteiger partial charge in [0, 0.05) is 5.69 Å². The van der Waals surface area contributed by atoms with Crippen molar-refractivity contribution in [2.75, 3.05) is 12.4 Å². The summed E-state index contributed by atoms with van der Waals surface area (Å²) in [7, 11) is 1.58. The Balaban J connectivity index is 1.36. The molecule has 0 saturated carbocycles. The SMILES string of the molecule is COc1ccc(COC(=O)Nc2ccccc2CC(=O)On2nnc3ccccc32)cc1. The first-order valence-electron chi connectivity index (χ1n) is 9.78. The second-order valence-electron chi connectivity index (χ2n) is 6.80. The van der Waals surface area contributed by atoms with Gasteiger partial charge in [-0.2, -0.15) is 0 Å². The number of hydrogen-bond acceptors (Lipinski definition) is 7. The Hall–Kier alpha value is -4.40. The third-order valence-electron chi connectivity index (χ3n) is 4.63. The van der Waals surface area contributed by atoms with Gasteiger partial charge in [-0.3, -0.25) is 5.32 Å². The van der Waals surface area contributed by atoms with E-state index in [0.717, 1.165) is 16.2 Å². The Bertz CT molecular complexity index is 1240. The van der Waals surface area contributed by atoms with Crippen LogP contribution in [0.4, 0.5) is 10.5 Å². The Labute approximate surface area is 183 Å². The number of rotatable bonds is 7. The molecule has 0 fully saturated rings. The van der Waals surface area contributed by atoms with Gasteiger partial charge in [-0.05, 0) is 46.7 Å². The molecule has 0 aliphatic heterocycles. The molecule has 0 unspecified atom stereocenters. The van der Waals surface area contributed by atoms with Gasteiger partial charge in [0.25, 0.3) is 0 Å². The molecule has 0 saturated heterocycles. The zero-order valence-corrected chi connectivity index (χ0v) is 17.2. The lowest BCUT2D eigenvalue weighted by Crippen LogP contribution is -2.23. The van der Waals surface area contributed by atoms with Gasteiger partial charge in [0.05, 0.1) is 13.5 Å². The van der Waals surface area contributed by atoms with E-state index in [0.29, 0.717) is 22.3 Å². The summed E-state index contributed by atoms with van der Waals surface area (Å²) in [6.45, 7) is 0.0966. The topological polar surface area (TPSA) is 105 Å². The van der Waals surface area contributed by atoms with E-state index in [9.17, 15) is 9.59 Å². The van der Waals surface area contributed by atoms with E-state index in [-0.39, 0.29) is 13.0 Å². The number of hydrogen-bond donors (Lipinski definition) is 1. The lowest BCUT2D eigenvalue weighted by atomic mass is 10.1. The van der Waals surface area contributed by atoms with Crippen LogP contribution in [0.2, 0.25) is 0 Å². The number of fused-ring (bicyclic) bond motifs is 1. The van der Waals surface area contributed by atoms with E-state index in [1.807, 2.05) is 18.2 Å². The Morgan fingerprint density at radius 3 is 2.53 bits per heavy atom. The first-order valence-corrected chi connectivity index (χ1v) is 9.78. The predicted molar refractivity (Wildman–Crippen MR) is 116 cm³/mol. The van der Waals surface area contributed by atoms with E-state index >= 15 is 0 Å². The maximum absolute atomic E-state index is 12.5. The van der Waals surface area contributed by atoms with Crippen molar-refractivity contribution in [3.05, 3.63) is 83.9 Å². The first-order chi connectivity index (χ1) is 15.6. The van der Waals surface area contributed by atoms with Crippen LogP contribution in [-0.4, -0.2) is 34.3 Å². The third-order valence-corrected chi connectivity index (χ3v) is 4.63. The number of nitrogens with zero attached hydrogens (tertiary/aromatic N) is 3. The van der Waals surface area contributed by atoms with Crippen LogP contribution < -0.4 is 14.9 Å². The molecule has 0 aliphatic rings. The largest absolute Gasteiger partial charge is 0.497 e. The predicted octanol–water partition coefficient (Wildman–Crippen LogP) is 3.39. The summed E-state index contributed by atoms with van der Waals surface area (Å²) >= 11 is 0. The molecule has 162 valence electrons. The molecule has 0 bridgehead atoms. The standard InChI is InChI=1S/C23H20N4O5/c1-30-18-12-10-16(11-13-18)15-31-23(29)24-19-7-3-2-6-17(19)14-22(28)32-27-21-9-5-4-8-20(21)25-26-27/h2-13H,14-15H2,1H3,(H,24,29). The summed E-state index contributed by atoms with van der Waals surface area (Å²) in [6.07, 6.45) is -0.716. The number of amides is 1. The summed E-state index contributed by atoms with van der Waals surface area (Å²) in [4.78, 5) is 31.1. The number of para-hydroxylation sites is 2. The molecule has 0 spiro atoms. The smallest absolute Gasteiger partial charge is 0.411 e. The zero-order chi connectivity index (χ0) is 22.3. The quantitative estimate of drug-likeness (QED) is 0.446. The number of methoxy groups -OCH3 is 1. The van der Waals surface area contributed by atoms with Crippen molar-refractivity contribution in [2.45, 2.75) is 13.0 Å². The van der Waals surface area contributed by atoms with Crippen LogP contribution in [0, 0.1) is 0 Å². The van der Waals surface area contributed by atoms with Crippen LogP contribution in [0.15, 0.2) is 72.8 Å². The minimum absolute atomic E-state index is 0.0802. The molecular weight excluding hydrogens is 412 g/mol. The highest BCUT2D eigenvalue weighted by atomic mass is 16.7. The van der Waals surface area contributed by atoms with Crippen LogP contribution in [0.1, 0.15) is 11.1 Å². The van der Waals surface area contributed by atoms with Crippen molar-refractivity contribution in [3.8, 4) is 5.75 Å². The maximum Gasteiger partial charge on any atom is 0.411 e. The van der Waals surface area contributed by atoms with Gasteiger partial charge in [-0.25, -0.2) is 9.59 Å². The lowest BCUT2D eigenvalue weighted by Gasteiger charge is -2.11. The van der Waals surface area contributed by atoms with Gasteiger partial charge in [0.1, 0.15) is 23.4 Å². The number of aromatic nitrogens is 3. The molecule has 9 heteroatoms. The van der Waals surface area contributed by atoms with Gasteiger partial charge < -0.3 is 14.3 Å². The van der Waals surface area contributed by atoms with Crippen molar-refractivity contribution in [1.29, 1.82) is 0 Å². The average Bonchev–Trinajstić information content (AvgIpc) is 3.22. The van der Waals surface area contributed by atoms with E-state index in [4.69, 9.17) is 14.3 Å². The molecule has 0 atom stereocenters. The van der Waals surface area contributed by atoms with Crippen LogP contribution in [0.5, 0.6) is 5.75 Å². The molecule has 1 N–H and O–H groups in total. The minimum Gasteiger partial charge on any atom is -0.497 e. The van der Waals surface area contributed by atoms with Gasteiger partial charge >= 0.3 is 12.1 Å². The van der Waals surface area contributed by atoms with Crippen LogP contribution in [-0.2, 0) is 22.6 Å². The highest BCUT2D eigenvalue weighted by Gasteiger charge is 2.14. The molecule has 1 aromatic heterocycles. The van der Waals surface area contributed by atoms with Crippen molar-refractivity contribution in [2.24, 2.45) is 0 Å². The van der Waals surface area contributed by atoms with Crippen molar-refractivity contribution in [1.82, 2.24) is 15.2 Å². The van der Waals surface area contributed by atoms with Crippen molar-refractivity contribution >= 4 is 28.8 Å². The van der Waals surface area contributed by atoms with Crippen LogP contribution >= 0.6 is 0 Å². The monoisotopic (exact) mass is 432 g/mol. The first kappa shape index (κ1) is 20.9. The van der Waals surface area contributed by atoms with E-state index in [1.165, 1.54) is 0 Å². The van der Waals surface area contributed by atoms with Crippen LogP contribution in [0.3, 0.4) is 0 Å². The Morgan fingerprint density at radius 1 is 0.969 bits per heavy atom. The molecule has 0 radical (unpaired) electrons. The van der Waals surface area contributed by atoms with Gasteiger partial charge in [0.15, 0.2) is 0 Å². The highest BCUT2D eigenvalue weighted by molar-refractivity contribution is 5.87. The van der Waals surface area contributed by atoms with Crippen LogP contribution in [0.25, 0.3) is 11.0 Å². The van der Waals surface area contributed by atoms with Crippen molar-refractivity contribution < 1.29 is 23.9 Å². The summed E-state index contributed by atoms with van der Waals surface area (Å²) in [6, 6.07) is 21.2. The highest BCUT2D eigenvalue weighted by Crippen LogP contribution is 2.17. The van der Waals surface area contributed by atoms with Gasteiger partial charge in [0.2, 0.25) is 0 Å². The van der Waals surface area contributed by atoms with E-state index < -0.39 is 12.1 Å². The third kappa shape index (κ3) is 5.01. The Kier molecular flexibility index (Phi) is 6.26. The fourth-order valence-corrected chi connectivity index (χ4v) is 3.01. The number of benzene rings is 3. The molecule has 0 aliphatic carbocycles. The summed E-state index contributed by atoms with van der Waals surface area (Å²) in [5.41, 5.74) is 3.03. The second-order valence-corrected chi connectivity index (χ2v) is 6.80. The molecule has 1 heterocycles. The molecule has 9 nitrogen and oxygen atoms in total. The number of ether oxygens (including phenoxy) is 2. The minimum atomic E-state index is -0.635. The fraction of sp³-hybridized carbons (Fsp3) is 0.130. The normalized spacial score (nSPS) is 10.5. The molecule has 3 aromatic carbocycles. The number of anilines is 1. The Morgan fingerprint density at radius 2 is 1.72 bits per heavy atom. The second kappa shape index (κ2) is 9.61. The number of carbonyl (C=O) groups is 2. The summed E-state index contributed by atoms with van der Waals surface area (Å²) in [5, 5.41) is 10.5. The summed E-state index contributed by atoms with van der Waals surface area (Å²) in [5.74, 6) is 0.166. The van der Waals surface area contributed by atoms with E-state index in [1.54, 1.807) is 61.7 Å². The van der Waals surface area contributed by atoms with Gasteiger partial charge in [-0.1, -0.05) is 47.3 Å². The summed E-state index contributed by atoms with van der Waals surface area (Å²) < 4.78 is 10.4. The number of nitrogens with one attached hydrogen (secondary N) is 1. The number of carbonyl (C=O) groups excluding carboxylic acids is 2. The van der Waals surface area contributed by atoms with Crippen molar-refractivity contribution in [3.63, 3.8) is 0 Å². The average molecular weight is 432 g/mol. The molecule has 32 heavy (non-hydrogen) atoms. The zero-order valence-electron chi connectivity index (χ0n) is 17.2. The lowest BCUT2D eigenvalue weighted by molar-refractivity contribution is -0.144. The maximum atomic E-state index is 12.5. The molecular formula is C23H20N4O5.